The second-order valence-corrected chi connectivity index (χ2v) is 8.05. The lowest BCUT2D eigenvalue weighted by Gasteiger charge is -2.40. The molecule has 2 aliphatic heterocycles. The molecule has 0 spiro atoms. The molecule has 0 aliphatic carbocycles. The number of rotatable bonds is 4. The molecular weight excluding hydrogens is 360 g/mol. The normalized spacial score (nSPS) is 19.2. The van der Waals surface area contributed by atoms with E-state index in [-0.39, 0.29) is 5.41 Å². The lowest BCUT2D eigenvalue weighted by molar-refractivity contribution is 0.122. The summed E-state index contributed by atoms with van der Waals surface area (Å²) >= 11 is 0. The molecule has 150 valence electrons. The Morgan fingerprint density at radius 1 is 0.897 bits per heavy atom. The van der Waals surface area contributed by atoms with Crippen LogP contribution in [0.1, 0.15) is 24.0 Å². The molecule has 3 aromatic rings. The molecule has 29 heavy (non-hydrogen) atoms. The lowest BCUT2D eigenvalue weighted by Crippen LogP contribution is -2.41. The SMILES string of the molecule is c1cc(N2CCOCC2)cc(C2(c3ccc(-c4cn[nH]c4)cc3)CCNCC2)c1. The first-order valence-corrected chi connectivity index (χ1v) is 10.6. The highest BCUT2D eigenvalue weighted by atomic mass is 16.5. The molecule has 0 saturated carbocycles. The van der Waals surface area contributed by atoms with E-state index in [2.05, 4.69) is 68.9 Å². The zero-order valence-corrected chi connectivity index (χ0v) is 16.7. The standard InChI is InChI=1S/C24H28N4O/c1-2-22(16-23(3-1)28-12-14-29-15-13-28)24(8-10-25-11-9-24)21-6-4-19(5-7-21)20-17-26-27-18-20/h1-7,16-18,25H,8-15H2,(H,26,27). The first-order chi connectivity index (χ1) is 14.4. The Morgan fingerprint density at radius 2 is 1.69 bits per heavy atom. The first kappa shape index (κ1) is 18.4. The van der Waals surface area contributed by atoms with Crippen LogP contribution in [0.25, 0.3) is 11.1 Å². The van der Waals surface area contributed by atoms with Gasteiger partial charge in [-0.05, 0) is 54.8 Å². The Labute approximate surface area is 172 Å². The molecule has 5 rings (SSSR count). The number of ether oxygens (including phenoxy) is 1. The fourth-order valence-corrected chi connectivity index (χ4v) is 4.81. The molecule has 5 nitrogen and oxygen atoms in total. The van der Waals surface area contributed by atoms with Crippen molar-refractivity contribution in [2.75, 3.05) is 44.3 Å². The van der Waals surface area contributed by atoms with Gasteiger partial charge in [0.1, 0.15) is 0 Å². The molecule has 0 atom stereocenters. The van der Waals surface area contributed by atoms with Crippen LogP contribution in [0.4, 0.5) is 5.69 Å². The molecule has 2 N–H and O–H groups in total. The van der Waals surface area contributed by atoms with E-state index in [1.165, 1.54) is 22.4 Å². The van der Waals surface area contributed by atoms with Crippen molar-refractivity contribution < 1.29 is 4.74 Å². The van der Waals surface area contributed by atoms with Crippen LogP contribution in [0.5, 0.6) is 0 Å². The fraction of sp³-hybridized carbons (Fsp3) is 0.375. The van der Waals surface area contributed by atoms with Gasteiger partial charge in [0.05, 0.1) is 19.4 Å². The van der Waals surface area contributed by atoms with E-state index in [1.807, 2.05) is 12.4 Å². The number of nitrogens with zero attached hydrogens (tertiary/aromatic N) is 2. The largest absolute Gasteiger partial charge is 0.378 e. The summed E-state index contributed by atoms with van der Waals surface area (Å²) < 4.78 is 5.54. The third-order valence-electron chi connectivity index (χ3n) is 6.50. The van der Waals surface area contributed by atoms with E-state index in [0.29, 0.717) is 0 Å². The third-order valence-corrected chi connectivity index (χ3v) is 6.50. The molecule has 2 aromatic carbocycles. The summed E-state index contributed by atoms with van der Waals surface area (Å²) in [7, 11) is 0. The topological polar surface area (TPSA) is 53.2 Å². The molecule has 3 heterocycles. The van der Waals surface area contributed by atoms with Crippen molar-refractivity contribution in [3.63, 3.8) is 0 Å². The first-order valence-electron chi connectivity index (χ1n) is 10.6. The summed E-state index contributed by atoms with van der Waals surface area (Å²) in [5.74, 6) is 0. The Hall–Kier alpha value is -2.63. The van der Waals surface area contributed by atoms with Gasteiger partial charge in [-0.1, -0.05) is 36.4 Å². The van der Waals surface area contributed by atoms with Crippen molar-refractivity contribution in [3.8, 4) is 11.1 Å². The van der Waals surface area contributed by atoms with E-state index < -0.39 is 0 Å². The van der Waals surface area contributed by atoms with E-state index in [0.717, 1.165) is 57.8 Å². The Morgan fingerprint density at radius 3 is 2.41 bits per heavy atom. The van der Waals surface area contributed by atoms with Crippen LogP contribution < -0.4 is 10.2 Å². The van der Waals surface area contributed by atoms with E-state index in [1.54, 1.807) is 0 Å². The molecule has 2 saturated heterocycles. The van der Waals surface area contributed by atoms with Gasteiger partial charge in [-0.15, -0.1) is 0 Å². The predicted octanol–water partition coefficient (Wildman–Crippen LogP) is 3.58. The number of nitrogens with one attached hydrogen (secondary N) is 2. The van der Waals surface area contributed by atoms with Gasteiger partial charge in [-0.25, -0.2) is 0 Å². The number of aromatic amines is 1. The Bertz CT molecular complexity index is 924. The highest BCUT2D eigenvalue weighted by molar-refractivity contribution is 5.63. The van der Waals surface area contributed by atoms with Gasteiger partial charge in [0.15, 0.2) is 0 Å². The fourth-order valence-electron chi connectivity index (χ4n) is 4.81. The molecule has 2 fully saturated rings. The van der Waals surface area contributed by atoms with Crippen molar-refractivity contribution in [2.45, 2.75) is 18.3 Å². The second kappa shape index (κ2) is 8.01. The highest BCUT2D eigenvalue weighted by Gasteiger charge is 2.36. The van der Waals surface area contributed by atoms with Crippen molar-refractivity contribution in [1.29, 1.82) is 0 Å². The van der Waals surface area contributed by atoms with Crippen molar-refractivity contribution in [2.24, 2.45) is 0 Å². The number of H-pyrrole nitrogens is 1. The number of piperidine rings is 1. The Balaban J connectivity index is 1.51. The van der Waals surface area contributed by atoms with E-state index in [9.17, 15) is 0 Å². The molecule has 0 bridgehead atoms. The van der Waals surface area contributed by atoms with Gasteiger partial charge >= 0.3 is 0 Å². The Kier molecular flexibility index (Phi) is 5.08. The maximum atomic E-state index is 5.54. The van der Waals surface area contributed by atoms with Gasteiger partial charge in [0.25, 0.3) is 0 Å². The number of anilines is 1. The monoisotopic (exact) mass is 388 g/mol. The minimum Gasteiger partial charge on any atom is -0.378 e. The lowest BCUT2D eigenvalue weighted by atomic mass is 9.68. The molecule has 0 radical (unpaired) electrons. The zero-order chi connectivity index (χ0) is 19.5. The van der Waals surface area contributed by atoms with Gasteiger partial charge in [-0.2, -0.15) is 5.10 Å². The van der Waals surface area contributed by atoms with Crippen molar-refractivity contribution in [1.82, 2.24) is 15.5 Å². The molecule has 1 aromatic heterocycles. The summed E-state index contributed by atoms with van der Waals surface area (Å²) in [5, 5.41) is 10.5. The van der Waals surface area contributed by atoms with Gasteiger partial charge in [-0.3, -0.25) is 5.10 Å². The molecular formula is C24H28N4O. The maximum Gasteiger partial charge on any atom is 0.0642 e. The minimum absolute atomic E-state index is 0.0580. The number of morpholine rings is 1. The van der Waals surface area contributed by atoms with Crippen LogP contribution in [0.3, 0.4) is 0 Å². The molecule has 5 heteroatoms. The van der Waals surface area contributed by atoms with Crippen molar-refractivity contribution >= 4 is 5.69 Å². The summed E-state index contributed by atoms with van der Waals surface area (Å²) in [4.78, 5) is 2.45. The van der Waals surface area contributed by atoms with Crippen LogP contribution in [0, 0.1) is 0 Å². The van der Waals surface area contributed by atoms with Crippen LogP contribution in [0.2, 0.25) is 0 Å². The summed E-state index contributed by atoms with van der Waals surface area (Å²) in [6.07, 6.45) is 6.05. The van der Waals surface area contributed by atoms with Gasteiger partial charge < -0.3 is 15.0 Å². The van der Waals surface area contributed by atoms with E-state index in [4.69, 9.17) is 4.74 Å². The smallest absolute Gasteiger partial charge is 0.0642 e. The number of aromatic nitrogens is 2. The van der Waals surface area contributed by atoms with Crippen LogP contribution in [-0.4, -0.2) is 49.6 Å². The van der Waals surface area contributed by atoms with Crippen LogP contribution >= 0.6 is 0 Å². The average molecular weight is 389 g/mol. The number of hydrogen-bond acceptors (Lipinski definition) is 4. The van der Waals surface area contributed by atoms with Crippen molar-refractivity contribution in [3.05, 3.63) is 72.1 Å². The van der Waals surface area contributed by atoms with E-state index >= 15 is 0 Å². The predicted molar refractivity (Wildman–Crippen MR) is 116 cm³/mol. The van der Waals surface area contributed by atoms with Gasteiger partial charge in [0, 0.05) is 36.0 Å². The summed E-state index contributed by atoms with van der Waals surface area (Å²) in [6.45, 7) is 5.66. The average Bonchev–Trinajstić information content (AvgIpc) is 3.35. The highest BCUT2D eigenvalue weighted by Crippen LogP contribution is 2.42. The van der Waals surface area contributed by atoms with Crippen LogP contribution in [-0.2, 0) is 10.2 Å². The number of benzene rings is 2. The van der Waals surface area contributed by atoms with Crippen LogP contribution in [0.15, 0.2) is 60.9 Å². The third kappa shape index (κ3) is 3.56. The second-order valence-electron chi connectivity index (χ2n) is 8.05. The number of hydrogen-bond donors (Lipinski definition) is 2. The molecule has 2 aliphatic rings. The summed E-state index contributed by atoms with van der Waals surface area (Å²) in [5.41, 5.74) is 6.55. The summed E-state index contributed by atoms with van der Waals surface area (Å²) in [6, 6.07) is 18.3. The quantitative estimate of drug-likeness (QED) is 0.717. The molecule has 0 unspecified atom stereocenters. The molecule has 0 amide bonds. The minimum atomic E-state index is 0.0580. The zero-order valence-electron chi connectivity index (χ0n) is 16.7. The maximum absolute atomic E-state index is 5.54. The van der Waals surface area contributed by atoms with Gasteiger partial charge in [0.2, 0.25) is 0 Å².